The summed E-state index contributed by atoms with van der Waals surface area (Å²) >= 11 is -0.390. The summed E-state index contributed by atoms with van der Waals surface area (Å²) in [5.41, 5.74) is 0. The van der Waals surface area contributed by atoms with Crippen LogP contribution in [0.25, 0.3) is 0 Å². The molecule has 0 bridgehead atoms. The molecule has 0 spiro atoms. The van der Waals surface area contributed by atoms with Crippen molar-refractivity contribution in [3.05, 3.63) is 0 Å². The minimum Gasteiger partial charge on any atom is -1.00 e. The Hall–Kier alpha value is 1.68. The van der Waals surface area contributed by atoms with Gasteiger partial charge >= 0.3 is 82.9 Å². The molecule has 1 N–H and O–H groups in total. The Bertz CT molecular complexity index is 425. The number of ether oxygens (including phenoxy) is 1. The van der Waals surface area contributed by atoms with E-state index in [-0.39, 0.29) is 52.8 Å². The van der Waals surface area contributed by atoms with E-state index in [1.807, 2.05) is 4.74 Å². The van der Waals surface area contributed by atoms with Gasteiger partial charge in [-0.3, -0.25) is 4.55 Å². The van der Waals surface area contributed by atoms with Crippen molar-refractivity contribution < 1.29 is 106 Å². The van der Waals surface area contributed by atoms with Gasteiger partial charge in [0, 0.05) is 22.6 Å². The van der Waals surface area contributed by atoms with Crippen LogP contribution >= 0.6 is 22.6 Å². The second-order valence-electron chi connectivity index (χ2n) is 2.63. The fraction of sp³-hybridized carbons (Fsp3) is 1.00. The van der Waals surface area contributed by atoms with E-state index in [2.05, 4.69) is 0 Å². The van der Waals surface area contributed by atoms with E-state index >= 15 is 0 Å². The van der Waals surface area contributed by atoms with Crippen molar-refractivity contribution in [2.24, 2.45) is 0 Å². The summed E-state index contributed by atoms with van der Waals surface area (Å²) in [6.07, 6.45) is -12.7. The van der Waals surface area contributed by atoms with Gasteiger partial charge in [0.25, 0.3) is 0 Å². The van der Waals surface area contributed by atoms with E-state index in [0.717, 1.165) is 0 Å². The summed E-state index contributed by atoms with van der Waals surface area (Å²) in [4.78, 5) is 0. The largest absolute Gasteiger partial charge is 1.00 e. The zero-order chi connectivity index (χ0) is 15.2. The molecule has 4 nitrogen and oxygen atoms in total. The minimum atomic E-state index is -6.87. The minimum absolute atomic E-state index is 0. The van der Waals surface area contributed by atoms with Crippen molar-refractivity contribution in [3.8, 4) is 0 Å². The molecule has 0 aliphatic carbocycles. The molecule has 0 aromatic rings. The number of alkyl halides is 9. The Morgan fingerprint density at radius 2 is 1.26 bits per heavy atom. The molecule has 19 heavy (non-hydrogen) atoms. The van der Waals surface area contributed by atoms with E-state index in [0.29, 0.717) is 0 Å². The zero-order valence-electron chi connectivity index (χ0n) is 9.48. The Balaban J connectivity index is -0.00000144. The number of halogens is 9. The van der Waals surface area contributed by atoms with E-state index in [1.54, 1.807) is 0 Å². The molecule has 0 aromatic carbocycles. The van der Waals surface area contributed by atoms with Gasteiger partial charge in [0.05, 0.1) is 0 Å². The van der Waals surface area contributed by atoms with Crippen LogP contribution in [0.3, 0.4) is 0 Å². The second kappa shape index (κ2) is 6.43. The maximum absolute atomic E-state index is 12.4. The molecule has 0 amide bonds. The molecule has 0 saturated carbocycles. The molecule has 0 rings (SSSR count). The summed E-state index contributed by atoms with van der Waals surface area (Å²) in [6, 6.07) is 0. The number of hydrogen-bond donors (Lipinski definition) is 1. The Kier molecular flexibility index (Phi) is 7.76. The van der Waals surface area contributed by atoms with Gasteiger partial charge in [-0.15, -0.1) is 0 Å². The fourth-order valence-corrected chi connectivity index (χ4v) is 0.880. The Morgan fingerprint density at radius 1 is 0.947 bits per heavy atom. The topological polar surface area (TPSA) is 63.6 Å². The van der Waals surface area contributed by atoms with Crippen LogP contribution in [0.1, 0.15) is 1.43 Å². The van der Waals surface area contributed by atoms with Crippen LogP contribution in [0.15, 0.2) is 0 Å². The third-order valence-electron chi connectivity index (χ3n) is 1.25. The first kappa shape index (κ1) is 22.9. The molecule has 0 aliphatic rings. The summed E-state index contributed by atoms with van der Waals surface area (Å²) in [5.74, 6) is 0. The molecule has 112 valence electrons. The van der Waals surface area contributed by atoms with Gasteiger partial charge in [-0.1, -0.05) is 0 Å². The van der Waals surface area contributed by atoms with E-state index in [9.17, 15) is 43.5 Å². The van der Waals surface area contributed by atoms with Crippen molar-refractivity contribution >= 4 is 32.7 Å². The average molecular weight is 464 g/mol. The Labute approximate surface area is 158 Å². The molecule has 0 atom stereocenters. The van der Waals surface area contributed by atoms with Crippen molar-refractivity contribution in [2.75, 3.05) is 0 Å². The third kappa shape index (κ3) is 5.11. The van der Waals surface area contributed by atoms with Crippen molar-refractivity contribution in [3.63, 3.8) is 0 Å². The molecule has 0 fully saturated rings. The van der Waals surface area contributed by atoms with Crippen LogP contribution in [0, 0.1) is 0 Å². The quantitative estimate of drug-likeness (QED) is 0.202. The van der Waals surface area contributed by atoms with Gasteiger partial charge in [0.15, 0.2) is 0 Å². The van der Waals surface area contributed by atoms with Gasteiger partial charge in [0.1, 0.15) is 0 Å². The van der Waals surface area contributed by atoms with Crippen LogP contribution in [-0.4, -0.2) is 34.4 Å². The second-order valence-corrected chi connectivity index (χ2v) is 5.44. The maximum Gasteiger partial charge on any atom is 1.00 e. The van der Waals surface area contributed by atoms with Crippen molar-refractivity contribution in [1.82, 2.24) is 0 Å². The van der Waals surface area contributed by atoms with Gasteiger partial charge < -0.3 is 1.43 Å². The Morgan fingerprint density at radius 3 is 1.47 bits per heavy atom. The summed E-state index contributed by atoms with van der Waals surface area (Å²) < 4.78 is 122. The monoisotopic (exact) mass is 464 g/mol. The van der Waals surface area contributed by atoms with E-state index < -0.39 is 54.1 Å². The SMILES string of the molecule is O=S(=O)(O)C(F)(F)C(F)(F)OC(F)(F)C(F)(F)I.[H-].[K+]. The van der Waals surface area contributed by atoms with E-state index in [1.165, 1.54) is 0 Å². The van der Waals surface area contributed by atoms with Gasteiger partial charge in [-0.05, 0) is 0 Å². The summed E-state index contributed by atoms with van der Waals surface area (Å²) in [5, 5.41) is -6.54. The first-order valence-corrected chi connectivity index (χ1v) is 5.85. The van der Waals surface area contributed by atoms with E-state index in [4.69, 9.17) is 4.55 Å². The van der Waals surface area contributed by atoms with Crippen LogP contribution in [0.4, 0.5) is 35.1 Å². The summed E-state index contributed by atoms with van der Waals surface area (Å²) in [7, 11) is -6.87. The molecule has 0 heterocycles. The van der Waals surface area contributed by atoms with Gasteiger partial charge in [0.2, 0.25) is 0 Å². The van der Waals surface area contributed by atoms with Crippen molar-refractivity contribution in [1.29, 1.82) is 0 Å². The molecule has 0 aliphatic heterocycles. The molecular formula is C4H2F8IKO4S. The fourth-order valence-electron chi connectivity index (χ4n) is 0.428. The molecule has 0 radical (unpaired) electrons. The molecular weight excluding hydrogens is 462 g/mol. The predicted octanol–water partition coefficient (Wildman–Crippen LogP) is -0.187. The maximum atomic E-state index is 12.4. The van der Waals surface area contributed by atoms with Crippen LogP contribution in [0.5, 0.6) is 0 Å². The van der Waals surface area contributed by atoms with Crippen LogP contribution < -0.4 is 51.4 Å². The first-order valence-electron chi connectivity index (χ1n) is 3.33. The molecule has 0 saturated heterocycles. The normalized spacial score (nSPS) is 15.1. The van der Waals surface area contributed by atoms with Gasteiger partial charge in [-0.2, -0.15) is 43.5 Å². The first-order chi connectivity index (χ1) is 7.46. The van der Waals surface area contributed by atoms with Crippen LogP contribution in [0.2, 0.25) is 0 Å². The average Bonchev–Trinajstić information content (AvgIpc) is 1.96. The molecule has 0 unspecified atom stereocenters. The predicted molar refractivity (Wildman–Crippen MR) is 47.6 cm³/mol. The molecule has 15 heteroatoms. The third-order valence-corrected chi connectivity index (χ3v) is 2.76. The molecule has 0 aromatic heterocycles. The smallest absolute Gasteiger partial charge is 1.00 e. The summed E-state index contributed by atoms with van der Waals surface area (Å²) in [6.45, 7) is 0. The number of hydrogen-bond acceptors (Lipinski definition) is 3. The zero-order valence-corrected chi connectivity index (χ0v) is 14.6. The van der Waals surface area contributed by atoms with Crippen molar-refractivity contribution in [2.45, 2.75) is 21.4 Å². The standard InChI is InChI=1S/C4HF8IO4S.K.H/c5-1(6,13)2(7,8)17-3(9,10)4(11,12)18(14,15)16;;/h(H,14,15,16);;/q;+1;-1. The number of rotatable bonds is 5. The van der Waals surface area contributed by atoms with Crippen LogP contribution in [-0.2, 0) is 14.9 Å². The van der Waals surface area contributed by atoms with Gasteiger partial charge in [-0.25, -0.2) is 4.74 Å².